The Morgan fingerprint density at radius 3 is 2.48 bits per heavy atom. The standard InChI is InChI=1S/C18H25N3O2/c1-2-3-4-5-6-7-8-15-9-11-16(12-10-15)17-13-21(20-19-17)14-18(22)23/h9-13H,2-8,14H2,1H3,(H,22,23). The molecule has 2 rings (SSSR count). The first-order chi connectivity index (χ1) is 11.2. The Morgan fingerprint density at radius 2 is 1.78 bits per heavy atom. The van der Waals surface area contributed by atoms with Crippen LogP contribution in [0.5, 0.6) is 0 Å². The van der Waals surface area contributed by atoms with E-state index in [9.17, 15) is 4.79 Å². The first kappa shape index (κ1) is 17.2. The van der Waals surface area contributed by atoms with Gasteiger partial charge in [-0.25, -0.2) is 4.68 Å². The summed E-state index contributed by atoms with van der Waals surface area (Å²) in [6, 6.07) is 8.30. The van der Waals surface area contributed by atoms with Gasteiger partial charge in [0.1, 0.15) is 12.2 Å². The van der Waals surface area contributed by atoms with Crippen LogP contribution in [-0.2, 0) is 17.8 Å². The molecule has 0 amide bonds. The Kier molecular flexibility index (Phi) is 6.78. The molecule has 5 nitrogen and oxygen atoms in total. The second-order valence-electron chi connectivity index (χ2n) is 5.91. The van der Waals surface area contributed by atoms with E-state index in [1.165, 1.54) is 48.8 Å². The molecule has 1 aromatic carbocycles. The predicted molar refractivity (Wildman–Crippen MR) is 90.2 cm³/mol. The molecular formula is C18H25N3O2. The van der Waals surface area contributed by atoms with Crippen LogP contribution in [0.3, 0.4) is 0 Å². The Bertz CT molecular complexity index is 605. The van der Waals surface area contributed by atoms with Crippen LogP contribution in [0.2, 0.25) is 0 Å². The molecule has 0 saturated heterocycles. The number of aromatic nitrogens is 3. The second-order valence-corrected chi connectivity index (χ2v) is 5.91. The van der Waals surface area contributed by atoms with Crippen LogP contribution in [0.1, 0.15) is 51.0 Å². The third-order valence-electron chi connectivity index (χ3n) is 3.90. The molecule has 0 aliphatic heterocycles. The number of benzene rings is 1. The largest absolute Gasteiger partial charge is 0.480 e. The molecule has 0 bridgehead atoms. The minimum Gasteiger partial charge on any atom is -0.480 e. The normalized spacial score (nSPS) is 10.8. The van der Waals surface area contributed by atoms with Crippen LogP contribution in [0.15, 0.2) is 30.5 Å². The number of aliphatic carboxylic acids is 1. The van der Waals surface area contributed by atoms with Gasteiger partial charge < -0.3 is 5.11 Å². The number of nitrogens with zero attached hydrogens (tertiary/aromatic N) is 3. The molecule has 1 aromatic heterocycles. The quantitative estimate of drug-likeness (QED) is 0.674. The second kappa shape index (κ2) is 9.08. The zero-order chi connectivity index (χ0) is 16.5. The molecular weight excluding hydrogens is 290 g/mol. The van der Waals surface area contributed by atoms with E-state index in [1.54, 1.807) is 6.20 Å². The topological polar surface area (TPSA) is 68.0 Å². The molecule has 2 aromatic rings. The Morgan fingerprint density at radius 1 is 1.09 bits per heavy atom. The maximum Gasteiger partial charge on any atom is 0.325 e. The van der Waals surface area contributed by atoms with Gasteiger partial charge >= 0.3 is 5.97 Å². The zero-order valence-corrected chi connectivity index (χ0v) is 13.7. The average molecular weight is 315 g/mol. The number of rotatable bonds is 10. The fourth-order valence-electron chi connectivity index (χ4n) is 2.60. The zero-order valence-electron chi connectivity index (χ0n) is 13.7. The summed E-state index contributed by atoms with van der Waals surface area (Å²) in [5, 5.41) is 16.6. The van der Waals surface area contributed by atoms with E-state index in [2.05, 4.69) is 29.4 Å². The summed E-state index contributed by atoms with van der Waals surface area (Å²) in [6.45, 7) is 2.07. The highest BCUT2D eigenvalue weighted by atomic mass is 16.4. The van der Waals surface area contributed by atoms with E-state index in [0.29, 0.717) is 5.69 Å². The summed E-state index contributed by atoms with van der Waals surface area (Å²) < 4.78 is 1.34. The molecule has 0 unspecified atom stereocenters. The van der Waals surface area contributed by atoms with Crippen LogP contribution >= 0.6 is 0 Å². The Balaban J connectivity index is 1.82. The lowest BCUT2D eigenvalue weighted by molar-refractivity contribution is -0.137. The first-order valence-electron chi connectivity index (χ1n) is 8.40. The summed E-state index contributed by atoms with van der Waals surface area (Å²) in [7, 11) is 0. The van der Waals surface area contributed by atoms with Crippen molar-refractivity contribution in [1.29, 1.82) is 0 Å². The molecule has 5 heteroatoms. The number of carboxylic acids is 1. The van der Waals surface area contributed by atoms with Gasteiger partial charge in [-0.3, -0.25) is 4.79 Å². The average Bonchev–Trinajstić information content (AvgIpc) is 2.99. The van der Waals surface area contributed by atoms with Crippen molar-refractivity contribution in [2.45, 2.75) is 58.4 Å². The fraction of sp³-hybridized carbons (Fsp3) is 0.500. The van der Waals surface area contributed by atoms with Crippen LogP contribution in [-0.4, -0.2) is 26.1 Å². The lowest BCUT2D eigenvalue weighted by atomic mass is 10.0. The monoisotopic (exact) mass is 315 g/mol. The lowest BCUT2D eigenvalue weighted by Crippen LogP contribution is -2.08. The van der Waals surface area contributed by atoms with E-state index in [4.69, 9.17) is 5.11 Å². The highest BCUT2D eigenvalue weighted by Crippen LogP contribution is 2.18. The van der Waals surface area contributed by atoms with Gasteiger partial charge in [-0.1, -0.05) is 68.5 Å². The van der Waals surface area contributed by atoms with Crippen LogP contribution < -0.4 is 0 Å². The number of unbranched alkanes of at least 4 members (excludes halogenated alkanes) is 5. The third-order valence-corrected chi connectivity index (χ3v) is 3.90. The van der Waals surface area contributed by atoms with E-state index < -0.39 is 5.97 Å². The number of hydrogen-bond donors (Lipinski definition) is 1. The molecule has 1 N–H and O–H groups in total. The van der Waals surface area contributed by atoms with Crippen molar-refractivity contribution in [3.8, 4) is 11.3 Å². The van der Waals surface area contributed by atoms with Gasteiger partial charge in [-0.2, -0.15) is 0 Å². The van der Waals surface area contributed by atoms with Crippen LogP contribution in [0.4, 0.5) is 0 Å². The molecule has 124 valence electrons. The summed E-state index contributed by atoms with van der Waals surface area (Å²) in [5.41, 5.74) is 3.01. The maximum atomic E-state index is 10.7. The van der Waals surface area contributed by atoms with Crippen molar-refractivity contribution in [3.63, 3.8) is 0 Å². The highest BCUT2D eigenvalue weighted by Gasteiger charge is 2.06. The van der Waals surface area contributed by atoms with Crippen molar-refractivity contribution in [1.82, 2.24) is 15.0 Å². The lowest BCUT2D eigenvalue weighted by Gasteiger charge is -2.03. The predicted octanol–water partition coefficient (Wildman–Crippen LogP) is 3.93. The van der Waals surface area contributed by atoms with Gasteiger partial charge in [0.15, 0.2) is 0 Å². The Hall–Kier alpha value is -2.17. The van der Waals surface area contributed by atoms with Gasteiger partial charge in [0, 0.05) is 5.56 Å². The molecule has 0 atom stereocenters. The summed E-state index contributed by atoms with van der Waals surface area (Å²) in [6.07, 6.45) is 10.6. The molecule has 0 aliphatic carbocycles. The molecule has 0 aliphatic rings. The van der Waals surface area contributed by atoms with Gasteiger partial charge in [-0.15, -0.1) is 5.10 Å². The van der Waals surface area contributed by atoms with Gasteiger partial charge in [0.25, 0.3) is 0 Å². The molecule has 0 fully saturated rings. The Labute approximate surface area is 137 Å². The number of carbonyl (C=O) groups is 1. The van der Waals surface area contributed by atoms with E-state index in [-0.39, 0.29) is 6.54 Å². The number of hydrogen-bond acceptors (Lipinski definition) is 3. The first-order valence-corrected chi connectivity index (χ1v) is 8.40. The van der Waals surface area contributed by atoms with Gasteiger partial charge in [-0.05, 0) is 18.4 Å². The molecule has 0 spiro atoms. The van der Waals surface area contributed by atoms with Crippen molar-refractivity contribution in [2.75, 3.05) is 0 Å². The SMILES string of the molecule is CCCCCCCCc1ccc(-c2cn(CC(=O)O)nn2)cc1. The summed E-state index contributed by atoms with van der Waals surface area (Å²) >= 11 is 0. The van der Waals surface area contributed by atoms with Crippen LogP contribution in [0, 0.1) is 0 Å². The summed E-state index contributed by atoms with van der Waals surface area (Å²) in [4.78, 5) is 10.7. The number of aryl methyl sites for hydroxylation is 1. The summed E-state index contributed by atoms with van der Waals surface area (Å²) in [5.74, 6) is -0.921. The minimum atomic E-state index is -0.921. The van der Waals surface area contributed by atoms with Gasteiger partial charge in [0.05, 0.1) is 6.20 Å². The van der Waals surface area contributed by atoms with E-state index in [1.807, 2.05) is 12.1 Å². The third kappa shape index (κ3) is 5.85. The van der Waals surface area contributed by atoms with Crippen molar-refractivity contribution in [3.05, 3.63) is 36.0 Å². The van der Waals surface area contributed by atoms with E-state index >= 15 is 0 Å². The smallest absolute Gasteiger partial charge is 0.325 e. The molecule has 0 radical (unpaired) electrons. The van der Waals surface area contributed by atoms with E-state index in [0.717, 1.165) is 12.0 Å². The maximum absolute atomic E-state index is 10.7. The highest BCUT2D eigenvalue weighted by molar-refractivity contribution is 5.66. The molecule has 23 heavy (non-hydrogen) atoms. The van der Waals surface area contributed by atoms with Crippen molar-refractivity contribution < 1.29 is 9.90 Å². The fourth-order valence-corrected chi connectivity index (χ4v) is 2.60. The molecule has 1 heterocycles. The van der Waals surface area contributed by atoms with Gasteiger partial charge in [0.2, 0.25) is 0 Å². The van der Waals surface area contributed by atoms with Crippen LogP contribution in [0.25, 0.3) is 11.3 Å². The molecule has 0 saturated carbocycles. The minimum absolute atomic E-state index is 0.164. The van der Waals surface area contributed by atoms with Crippen molar-refractivity contribution >= 4 is 5.97 Å². The number of carboxylic acid groups (broad SMARTS) is 1. The van der Waals surface area contributed by atoms with Crippen molar-refractivity contribution in [2.24, 2.45) is 0 Å².